The molecule has 82 valence electrons. The molecule has 6 nitrogen and oxygen atoms in total. The van der Waals surface area contributed by atoms with Gasteiger partial charge in [-0.15, -0.1) is 10.2 Å². The van der Waals surface area contributed by atoms with Gasteiger partial charge in [-0.3, -0.25) is 5.32 Å². The van der Waals surface area contributed by atoms with Crippen molar-refractivity contribution in [2.24, 2.45) is 0 Å². The van der Waals surface area contributed by atoms with Crippen molar-refractivity contribution in [3.63, 3.8) is 0 Å². The van der Waals surface area contributed by atoms with E-state index in [2.05, 4.69) is 20.8 Å². The Hall–Kier alpha value is -2.15. The number of aromatic nitrogens is 2. The lowest BCUT2D eigenvalue weighted by molar-refractivity contribution is 0.262. The van der Waals surface area contributed by atoms with Crippen molar-refractivity contribution >= 4 is 33.9 Å². The fraction of sp³-hybridized carbons (Fsp3) is 0. The van der Waals surface area contributed by atoms with Crippen LogP contribution in [0.2, 0.25) is 0 Å². The minimum Gasteiger partial charge on any atom is -0.399 e. The van der Waals surface area contributed by atoms with E-state index in [1.54, 1.807) is 24.3 Å². The number of anilines is 3. The molecule has 0 spiro atoms. The number of hydrogen-bond acceptors (Lipinski definition) is 5. The highest BCUT2D eigenvalue weighted by atomic mass is 32.1. The molecule has 1 aromatic heterocycles. The Balaban J connectivity index is 1.97. The molecule has 16 heavy (non-hydrogen) atoms. The van der Waals surface area contributed by atoms with E-state index in [0.717, 1.165) is 0 Å². The first-order valence-corrected chi connectivity index (χ1v) is 5.32. The molecule has 0 bridgehead atoms. The van der Waals surface area contributed by atoms with Gasteiger partial charge in [-0.1, -0.05) is 17.4 Å². The Morgan fingerprint density at radius 1 is 1.38 bits per heavy atom. The van der Waals surface area contributed by atoms with Crippen LogP contribution in [0.25, 0.3) is 0 Å². The second kappa shape index (κ2) is 4.58. The van der Waals surface area contributed by atoms with Crippen LogP contribution in [0, 0.1) is 0 Å². The van der Waals surface area contributed by atoms with Crippen LogP contribution in [0.15, 0.2) is 29.8 Å². The van der Waals surface area contributed by atoms with Gasteiger partial charge >= 0.3 is 6.03 Å². The van der Waals surface area contributed by atoms with Gasteiger partial charge in [-0.2, -0.15) is 0 Å². The fourth-order valence-electron chi connectivity index (χ4n) is 1.10. The van der Waals surface area contributed by atoms with Gasteiger partial charge in [0.05, 0.1) is 0 Å². The minimum atomic E-state index is -0.373. The van der Waals surface area contributed by atoms with Crippen LogP contribution >= 0.6 is 11.3 Å². The Morgan fingerprint density at radius 3 is 2.94 bits per heavy atom. The number of carbonyl (C=O) groups is 1. The second-order valence-electron chi connectivity index (χ2n) is 2.95. The highest BCUT2D eigenvalue weighted by Crippen LogP contribution is 2.13. The smallest absolute Gasteiger partial charge is 0.325 e. The molecule has 2 amide bonds. The largest absolute Gasteiger partial charge is 0.399 e. The lowest BCUT2D eigenvalue weighted by Gasteiger charge is -2.05. The standard InChI is InChI=1S/C9H9N5OS/c10-6-2-1-3-7(4-6)12-8(15)13-9-14-11-5-16-9/h1-5H,10H2,(H2,12,13,14,15). The number of benzene rings is 1. The van der Waals surface area contributed by atoms with Gasteiger partial charge in [-0.05, 0) is 18.2 Å². The van der Waals surface area contributed by atoms with E-state index in [9.17, 15) is 4.79 Å². The van der Waals surface area contributed by atoms with Gasteiger partial charge in [0.15, 0.2) is 0 Å². The van der Waals surface area contributed by atoms with E-state index in [0.29, 0.717) is 16.5 Å². The summed E-state index contributed by atoms with van der Waals surface area (Å²) in [5, 5.41) is 12.9. The van der Waals surface area contributed by atoms with Crippen LogP contribution in [0.1, 0.15) is 0 Å². The maximum absolute atomic E-state index is 11.5. The van der Waals surface area contributed by atoms with E-state index in [4.69, 9.17) is 5.73 Å². The normalized spacial score (nSPS) is 9.75. The fourth-order valence-corrected chi connectivity index (χ4v) is 1.54. The van der Waals surface area contributed by atoms with Crippen molar-refractivity contribution in [3.05, 3.63) is 29.8 Å². The molecule has 2 aromatic rings. The number of rotatable bonds is 2. The molecule has 0 unspecified atom stereocenters. The average molecular weight is 235 g/mol. The van der Waals surface area contributed by atoms with Crippen molar-refractivity contribution in [2.75, 3.05) is 16.4 Å². The SMILES string of the molecule is Nc1cccc(NC(=O)Nc2nncs2)c1. The molecular weight excluding hydrogens is 226 g/mol. The van der Waals surface area contributed by atoms with Crippen molar-refractivity contribution < 1.29 is 4.79 Å². The zero-order chi connectivity index (χ0) is 11.4. The Morgan fingerprint density at radius 2 is 2.25 bits per heavy atom. The molecule has 0 atom stereocenters. The van der Waals surface area contributed by atoms with Crippen LogP contribution in [-0.4, -0.2) is 16.2 Å². The van der Waals surface area contributed by atoms with E-state index >= 15 is 0 Å². The van der Waals surface area contributed by atoms with Gasteiger partial charge in [0.1, 0.15) is 5.51 Å². The van der Waals surface area contributed by atoms with Gasteiger partial charge < -0.3 is 11.1 Å². The highest BCUT2D eigenvalue weighted by molar-refractivity contribution is 7.13. The second-order valence-corrected chi connectivity index (χ2v) is 3.78. The van der Waals surface area contributed by atoms with Crippen molar-refractivity contribution in [1.29, 1.82) is 0 Å². The highest BCUT2D eigenvalue weighted by Gasteiger charge is 2.04. The molecular formula is C9H9N5OS. The molecule has 0 aliphatic heterocycles. The number of nitrogens with zero attached hydrogens (tertiary/aromatic N) is 2. The van der Waals surface area contributed by atoms with E-state index in [1.807, 2.05) is 0 Å². The Kier molecular flexibility index (Phi) is 2.97. The van der Waals surface area contributed by atoms with Crippen LogP contribution in [0.5, 0.6) is 0 Å². The Bertz CT molecular complexity index is 484. The number of hydrogen-bond donors (Lipinski definition) is 3. The van der Waals surface area contributed by atoms with Crippen molar-refractivity contribution in [2.45, 2.75) is 0 Å². The van der Waals surface area contributed by atoms with Crippen LogP contribution in [0.3, 0.4) is 0 Å². The molecule has 1 aromatic carbocycles. The summed E-state index contributed by atoms with van der Waals surface area (Å²) in [6, 6.07) is 6.54. The summed E-state index contributed by atoms with van der Waals surface area (Å²) in [6.07, 6.45) is 0. The third-order valence-electron chi connectivity index (χ3n) is 1.72. The van der Waals surface area contributed by atoms with Crippen LogP contribution < -0.4 is 16.4 Å². The number of urea groups is 1. The van der Waals surface area contributed by atoms with E-state index < -0.39 is 0 Å². The van der Waals surface area contributed by atoms with Crippen LogP contribution in [0.4, 0.5) is 21.3 Å². The van der Waals surface area contributed by atoms with E-state index in [1.165, 1.54) is 16.8 Å². The molecule has 7 heteroatoms. The first kappa shape index (κ1) is 10.4. The first-order chi connectivity index (χ1) is 7.74. The number of carbonyl (C=O) groups excluding carboxylic acids is 1. The van der Waals surface area contributed by atoms with E-state index in [-0.39, 0.29) is 6.03 Å². The molecule has 0 saturated carbocycles. The molecule has 0 aliphatic carbocycles. The van der Waals surface area contributed by atoms with Crippen LogP contribution in [-0.2, 0) is 0 Å². The zero-order valence-electron chi connectivity index (χ0n) is 8.18. The molecule has 4 N–H and O–H groups in total. The van der Waals surface area contributed by atoms with Crippen molar-refractivity contribution in [1.82, 2.24) is 10.2 Å². The maximum atomic E-state index is 11.5. The Labute approximate surface area is 95.5 Å². The third-order valence-corrected chi connectivity index (χ3v) is 2.33. The summed E-state index contributed by atoms with van der Waals surface area (Å²) in [5.74, 6) is 0. The average Bonchev–Trinajstić information content (AvgIpc) is 2.70. The lowest BCUT2D eigenvalue weighted by atomic mass is 10.3. The van der Waals surface area contributed by atoms with Gasteiger partial charge in [-0.25, -0.2) is 4.79 Å². The first-order valence-electron chi connectivity index (χ1n) is 4.44. The molecule has 0 radical (unpaired) electrons. The summed E-state index contributed by atoms with van der Waals surface area (Å²) in [5.41, 5.74) is 8.33. The minimum absolute atomic E-state index is 0.373. The van der Waals surface area contributed by atoms with Crippen molar-refractivity contribution in [3.8, 4) is 0 Å². The number of amides is 2. The lowest BCUT2D eigenvalue weighted by Crippen LogP contribution is -2.19. The third kappa shape index (κ3) is 2.67. The summed E-state index contributed by atoms with van der Waals surface area (Å²) in [4.78, 5) is 11.5. The summed E-state index contributed by atoms with van der Waals surface area (Å²) < 4.78 is 0. The summed E-state index contributed by atoms with van der Waals surface area (Å²) >= 11 is 1.25. The van der Waals surface area contributed by atoms with Gasteiger partial charge in [0, 0.05) is 11.4 Å². The maximum Gasteiger partial charge on any atom is 0.325 e. The monoisotopic (exact) mass is 235 g/mol. The van der Waals surface area contributed by atoms with Gasteiger partial charge in [0.2, 0.25) is 5.13 Å². The molecule has 1 heterocycles. The predicted molar refractivity (Wildman–Crippen MR) is 63.4 cm³/mol. The quantitative estimate of drug-likeness (QED) is 0.691. The zero-order valence-corrected chi connectivity index (χ0v) is 8.99. The summed E-state index contributed by atoms with van der Waals surface area (Å²) in [6.45, 7) is 0. The molecule has 0 aliphatic rings. The predicted octanol–water partition coefficient (Wildman–Crippen LogP) is 1.76. The summed E-state index contributed by atoms with van der Waals surface area (Å²) in [7, 11) is 0. The molecule has 0 saturated heterocycles. The topological polar surface area (TPSA) is 92.9 Å². The van der Waals surface area contributed by atoms with Gasteiger partial charge in [0.25, 0.3) is 0 Å². The number of nitrogens with two attached hydrogens (primary N) is 1. The number of nitrogen functional groups attached to an aromatic ring is 1. The number of nitrogens with one attached hydrogen (secondary N) is 2. The molecule has 2 rings (SSSR count). The molecule has 0 fully saturated rings.